The van der Waals surface area contributed by atoms with E-state index in [1.54, 1.807) is 19.4 Å². The summed E-state index contributed by atoms with van der Waals surface area (Å²) in [5.74, 6) is -0.134. The number of amides is 2. The van der Waals surface area contributed by atoms with Crippen LogP contribution in [0.3, 0.4) is 0 Å². The van der Waals surface area contributed by atoms with Gasteiger partial charge in [0.1, 0.15) is 28.8 Å². The summed E-state index contributed by atoms with van der Waals surface area (Å²) < 4.78 is 38.5. The lowest BCUT2D eigenvalue weighted by Gasteiger charge is -2.39. The van der Waals surface area contributed by atoms with Crippen molar-refractivity contribution in [2.75, 3.05) is 50.1 Å². The van der Waals surface area contributed by atoms with Crippen LogP contribution in [-0.4, -0.2) is 50.8 Å². The molecular formula is C24H26F2N4O3. The van der Waals surface area contributed by atoms with Gasteiger partial charge >= 0.3 is 6.03 Å². The van der Waals surface area contributed by atoms with Crippen LogP contribution in [0.25, 0.3) is 0 Å². The number of benzene rings is 2. The fourth-order valence-electron chi connectivity index (χ4n) is 3.94. The number of para-hydroxylation sites is 1. The van der Waals surface area contributed by atoms with Crippen molar-refractivity contribution >= 4 is 17.4 Å². The highest BCUT2D eigenvalue weighted by Gasteiger charge is 2.27. The minimum Gasteiger partial charge on any atom is -0.497 e. The number of nitrogens with zero attached hydrogens (tertiary/aromatic N) is 2. The molecule has 1 aliphatic rings. The highest BCUT2D eigenvalue weighted by Crippen LogP contribution is 2.26. The lowest BCUT2D eigenvalue weighted by molar-refractivity contribution is 0.162. The Hall–Kier alpha value is -3.59. The van der Waals surface area contributed by atoms with Gasteiger partial charge in [-0.05, 0) is 48.5 Å². The van der Waals surface area contributed by atoms with Crippen LogP contribution in [0.4, 0.5) is 25.0 Å². The number of hydrogen-bond donors (Lipinski definition) is 2. The summed E-state index contributed by atoms with van der Waals surface area (Å²) in [4.78, 5) is 16.9. The zero-order chi connectivity index (χ0) is 23.2. The van der Waals surface area contributed by atoms with Crippen molar-refractivity contribution in [3.8, 4) is 5.75 Å². The maximum absolute atomic E-state index is 13.8. The molecule has 0 bridgehead atoms. The van der Waals surface area contributed by atoms with E-state index in [0.29, 0.717) is 5.76 Å². The number of carbonyl (C=O) groups is 1. The number of ether oxygens (including phenoxy) is 1. The van der Waals surface area contributed by atoms with Crippen molar-refractivity contribution in [1.29, 1.82) is 0 Å². The number of piperazine rings is 1. The molecule has 33 heavy (non-hydrogen) atoms. The molecule has 0 aliphatic carbocycles. The van der Waals surface area contributed by atoms with E-state index in [-0.39, 0.29) is 12.6 Å². The van der Waals surface area contributed by atoms with Gasteiger partial charge in [-0.1, -0.05) is 6.07 Å². The van der Waals surface area contributed by atoms with Gasteiger partial charge in [0.25, 0.3) is 0 Å². The fraction of sp³-hybridized carbons (Fsp3) is 0.292. The average Bonchev–Trinajstić information content (AvgIpc) is 3.37. The minimum absolute atomic E-state index is 0.214. The predicted molar refractivity (Wildman–Crippen MR) is 122 cm³/mol. The predicted octanol–water partition coefficient (Wildman–Crippen LogP) is 4.25. The Morgan fingerprint density at radius 1 is 1.03 bits per heavy atom. The topological polar surface area (TPSA) is 70.0 Å². The normalized spacial score (nSPS) is 15.2. The number of rotatable bonds is 7. The van der Waals surface area contributed by atoms with Gasteiger partial charge in [-0.2, -0.15) is 0 Å². The van der Waals surface area contributed by atoms with E-state index in [2.05, 4.69) is 20.4 Å². The zero-order valence-corrected chi connectivity index (χ0v) is 18.3. The molecule has 2 amide bonds. The van der Waals surface area contributed by atoms with E-state index in [9.17, 15) is 13.6 Å². The molecule has 174 valence electrons. The molecule has 4 rings (SSSR count). The first-order valence-electron chi connectivity index (χ1n) is 10.7. The van der Waals surface area contributed by atoms with Gasteiger partial charge in [-0.3, -0.25) is 4.90 Å². The molecule has 7 nitrogen and oxygen atoms in total. The molecule has 1 saturated heterocycles. The Kier molecular flexibility index (Phi) is 7.09. The Morgan fingerprint density at radius 3 is 2.33 bits per heavy atom. The third-order valence-corrected chi connectivity index (χ3v) is 5.72. The number of methoxy groups -OCH3 is 1. The summed E-state index contributed by atoms with van der Waals surface area (Å²) in [6.45, 7) is 3.33. The monoisotopic (exact) mass is 456 g/mol. The van der Waals surface area contributed by atoms with Crippen LogP contribution in [0.1, 0.15) is 11.8 Å². The Balaban J connectivity index is 1.37. The molecular weight excluding hydrogens is 430 g/mol. The average molecular weight is 456 g/mol. The second-order valence-corrected chi connectivity index (χ2v) is 7.68. The first-order valence-corrected chi connectivity index (χ1v) is 10.7. The summed E-state index contributed by atoms with van der Waals surface area (Å²) in [6, 6.07) is 14.1. The third kappa shape index (κ3) is 5.43. The lowest BCUT2D eigenvalue weighted by atomic mass is 10.1. The van der Waals surface area contributed by atoms with E-state index in [4.69, 9.17) is 9.15 Å². The largest absolute Gasteiger partial charge is 0.497 e. The van der Waals surface area contributed by atoms with Gasteiger partial charge in [-0.25, -0.2) is 13.6 Å². The molecule has 3 aromatic rings. The molecule has 2 aromatic carbocycles. The summed E-state index contributed by atoms with van der Waals surface area (Å²) in [5, 5.41) is 4.97. The fourth-order valence-corrected chi connectivity index (χ4v) is 3.94. The SMILES string of the molecule is COc1ccc(N2CCN([C@H](CNC(=O)Nc3c(F)cccc3F)c3ccco3)CC2)cc1. The van der Waals surface area contributed by atoms with Crippen LogP contribution in [-0.2, 0) is 0 Å². The highest BCUT2D eigenvalue weighted by molar-refractivity contribution is 5.89. The molecule has 1 aliphatic heterocycles. The first kappa shape index (κ1) is 22.6. The second-order valence-electron chi connectivity index (χ2n) is 7.68. The van der Waals surface area contributed by atoms with Gasteiger partial charge in [-0.15, -0.1) is 0 Å². The third-order valence-electron chi connectivity index (χ3n) is 5.72. The molecule has 1 aromatic heterocycles. The van der Waals surface area contributed by atoms with E-state index in [1.165, 1.54) is 6.07 Å². The molecule has 1 fully saturated rings. The van der Waals surface area contributed by atoms with Crippen molar-refractivity contribution in [1.82, 2.24) is 10.2 Å². The van der Waals surface area contributed by atoms with Crippen molar-refractivity contribution in [3.63, 3.8) is 0 Å². The van der Waals surface area contributed by atoms with Gasteiger partial charge < -0.3 is 24.7 Å². The Bertz CT molecular complexity index is 1030. The van der Waals surface area contributed by atoms with Crippen molar-refractivity contribution in [2.45, 2.75) is 6.04 Å². The van der Waals surface area contributed by atoms with Crippen LogP contribution in [0.5, 0.6) is 5.75 Å². The lowest BCUT2D eigenvalue weighted by Crippen LogP contribution is -2.50. The number of nitrogens with one attached hydrogen (secondary N) is 2. The summed E-state index contributed by atoms with van der Waals surface area (Å²) in [6.07, 6.45) is 1.59. The number of furan rings is 1. The van der Waals surface area contributed by atoms with Crippen molar-refractivity contribution < 1.29 is 22.7 Å². The van der Waals surface area contributed by atoms with Crippen LogP contribution in [0.15, 0.2) is 65.3 Å². The molecule has 0 spiro atoms. The highest BCUT2D eigenvalue weighted by atomic mass is 19.1. The molecule has 2 N–H and O–H groups in total. The maximum atomic E-state index is 13.8. The van der Waals surface area contributed by atoms with Gasteiger partial charge in [0.15, 0.2) is 0 Å². The quantitative estimate of drug-likeness (QED) is 0.556. The zero-order valence-electron chi connectivity index (χ0n) is 18.3. The molecule has 2 heterocycles. The van der Waals surface area contributed by atoms with E-state index < -0.39 is 23.4 Å². The molecule has 0 unspecified atom stereocenters. The van der Waals surface area contributed by atoms with Crippen LogP contribution >= 0.6 is 0 Å². The van der Waals surface area contributed by atoms with Gasteiger partial charge in [0.2, 0.25) is 0 Å². The maximum Gasteiger partial charge on any atom is 0.319 e. The van der Waals surface area contributed by atoms with Gasteiger partial charge in [0.05, 0.1) is 19.4 Å². The van der Waals surface area contributed by atoms with Gasteiger partial charge in [0, 0.05) is 38.4 Å². The number of urea groups is 1. The molecule has 9 heteroatoms. The molecule has 0 radical (unpaired) electrons. The van der Waals surface area contributed by atoms with Crippen LogP contribution in [0.2, 0.25) is 0 Å². The summed E-state index contributed by atoms with van der Waals surface area (Å²) >= 11 is 0. The summed E-state index contributed by atoms with van der Waals surface area (Å²) in [5.41, 5.74) is 0.645. The first-order chi connectivity index (χ1) is 16.0. The van der Waals surface area contributed by atoms with E-state index in [0.717, 1.165) is 49.7 Å². The van der Waals surface area contributed by atoms with E-state index in [1.807, 2.05) is 30.3 Å². The van der Waals surface area contributed by atoms with Crippen molar-refractivity contribution in [2.24, 2.45) is 0 Å². The standard InChI is InChI=1S/C24H26F2N4O3/c1-32-18-9-7-17(8-10-18)29-11-13-30(14-12-29)21(22-6-3-15-33-22)16-27-24(31)28-23-19(25)4-2-5-20(23)26/h2-10,15,21H,11-14,16H2,1H3,(H2,27,28,31)/t21-/m1/s1. The molecule has 1 atom stereocenters. The number of hydrogen-bond acceptors (Lipinski definition) is 5. The smallest absolute Gasteiger partial charge is 0.319 e. The van der Waals surface area contributed by atoms with E-state index >= 15 is 0 Å². The summed E-state index contributed by atoms with van der Waals surface area (Å²) in [7, 11) is 1.64. The van der Waals surface area contributed by atoms with Crippen molar-refractivity contribution in [3.05, 3.63) is 78.3 Å². The van der Waals surface area contributed by atoms with Crippen LogP contribution < -0.4 is 20.3 Å². The Labute approximate surface area is 190 Å². The number of halogens is 2. The molecule has 0 saturated carbocycles. The second kappa shape index (κ2) is 10.4. The number of anilines is 2. The minimum atomic E-state index is -0.831. The Morgan fingerprint density at radius 2 is 1.73 bits per heavy atom. The van der Waals surface area contributed by atoms with Crippen LogP contribution in [0, 0.1) is 11.6 Å². The number of carbonyl (C=O) groups excluding carboxylic acids is 1.